The largest absolute Gasteiger partial charge is 0.422 e. The molecule has 1 unspecified atom stereocenters. The van der Waals surface area contributed by atoms with Crippen LogP contribution >= 0.6 is 0 Å². The number of imidazole rings is 1. The van der Waals surface area contributed by atoms with Crippen molar-refractivity contribution in [2.75, 3.05) is 0 Å². The van der Waals surface area contributed by atoms with E-state index in [1.165, 1.54) is 12.4 Å². The zero-order valence-electron chi connectivity index (χ0n) is 16.2. The van der Waals surface area contributed by atoms with E-state index in [4.69, 9.17) is 0 Å². The second-order valence-electron chi connectivity index (χ2n) is 6.76. The van der Waals surface area contributed by atoms with Gasteiger partial charge in [0.2, 0.25) is 0 Å². The summed E-state index contributed by atoms with van der Waals surface area (Å²) in [4.78, 5) is 16.5. The Labute approximate surface area is 168 Å². The molecule has 9 heteroatoms. The van der Waals surface area contributed by atoms with Crippen molar-refractivity contribution in [3.8, 4) is 0 Å². The lowest BCUT2D eigenvalue weighted by molar-refractivity contribution is 0.00970. The molecule has 0 bridgehead atoms. The number of aromatic nitrogens is 2. The number of hydrogen-bond donors (Lipinski definition) is 0. The molecule has 0 aliphatic heterocycles. The van der Waals surface area contributed by atoms with Crippen LogP contribution in [0.2, 0.25) is 0 Å². The van der Waals surface area contributed by atoms with E-state index in [2.05, 4.69) is 9.72 Å². The van der Waals surface area contributed by atoms with Crippen LogP contribution in [0.25, 0.3) is 0 Å². The summed E-state index contributed by atoms with van der Waals surface area (Å²) in [6.45, 7) is 5.62. The van der Waals surface area contributed by atoms with Crippen LogP contribution in [0.1, 0.15) is 47.3 Å². The molecule has 1 aromatic heterocycles. The molecule has 1 heterocycles. The van der Waals surface area contributed by atoms with Crippen molar-refractivity contribution in [2.24, 2.45) is 0 Å². The van der Waals surface area contributed by atoms with Crippen molar-refractivity contribution in [1.29, 1.82) is 0 Å². The minimum atomic E-state index is -2.87. The van der Waals surface area contributed by atoms with E-state index in [1.54, 1.807) is 6.92 Å². The van der Waals surface area contributed by atoms with E-state index >= 15 is 0 Å². The Morgan fingerprint density at radius 1 is 1.07 bits per heavy atom. The fourth-order valence-corrected chi connectivity index (χ4v) is 3.14. The molecule has 4 nitrogen and oxygen atoms in total. The highest BCUT2D eigenvalue weighted by atomic mass is 19.2. The van der Waals surface area contributed by atoms with Crippen LogP contribution in [0, 0.1) is 37.1 Å². The Hall–Kier alpha value is -3.23. The van der Waals surface area contributed by atoms with Crippen LogP contribution in [0.15, 0.2) is 36.7 Å². The zero-order chi connectivity index (χ0) is 22.2. The molecule has 2 atom stereocenters. The molecule has 0 spiro atoms. The molecular weight excluding hydrogens is 407 g/mol. The van der Waals surface area contributed by atoms with Crippen LogP contribution in [0.4, 0.5) is 26.7 Å². The van der Waals surface area contributed by atoms with Gasteiger partial charge in [0.1, 0.15) is 5.82 Å². The molecule has 0 radical (unpaired) electrons. The number of rotatable bonds is 4. The predicted octanol–water partition coefficient (Wildman–Crippen LogP) is 5.86. The molecule has 2 aromatic carbocycles. The second-order valence-corrected chi connectivity index (χ2v) is 6.76. The van der Waals surface area contributed by atoms with Gasteiger partial charge in [0.15, 0.2) is 23.3 Å². The normalized spacial score (nSPS) is 13.2. The van der Waals surface area contributed by atoms with Crippen LogP contribution in [-0.4, -0.2) is 15.6 Å². The first-order valence-electron chi connectivity index (χ1n) is 8.90. The Bertz CT molecular complexity index is 1110. The summed E-state index contributed by atoms with van der Waals surface area (Å²) in [5, 5.41) is 0. The van der Waals surface area contributed by atoms with Gasteiger partial charge < -0.3 is 4.74 Å². The summed E-state index contributed by atoms with van der Waals surface area (Å²) in [5.74, 6) is -8.25. The molecule has 0 aliphatic rings. The maximum atomic E-state index is 14.3. The van der Waals surface area contributed by atoms with Gasteiger partial charge >= 0.3 is 6.09 Å². The highest BCUT2D eigenvalue weighted by molar-refractivity contribution is 5.71. The summed E-state index contributed by atoms with van der Waals surface area (Å²) < 4.78 is 73.2. The van der Waals surface area contributed by atoms with Gasteiger partial charge in [-0.2, -0.15) is 4.39 Å². The molecule has 3 aromatic rings. The lowest BCUT2D eigenvalue weighted by atomic mass is 9.93. The molecule has 3 rings (SSSR count). The van der Waals surface area contributed by atoms with Gasteiger partial charge in [-0.15, -0.1) is 0 Å². The molecule has 0 amide bonds. The maximum absolute atomic E-state index is 14.3. The molecule has 0 aliphatic carbocycles. The van der Waals surface area contributed by atoms with Crippen molar-refractivity contribution in [1.82, 2.24) is 9.55 Å². The Morgan fingerprint density at radius 3 is 2.47 bits per heavy atom. The van der Waals surface area contributed by atoms with Gasteiger partial charge in [-0.3, -0.25) is 0 Å². The van der Waals surface area contributed by atoms with Crippen molar-refractivity contribution in [3.05, 3.63) is 88.0 Å². The molecule has 0 fully saturated rings. The third-order valence-corrected chi connectivity index (χ3v) is 4.95. The number of halogens is 5. The minimum Gasteiger partial charge on any atom is -0.410 e. The minimum absolute atomic E-state index is 0.0965. The number of ether oxygens (including phenoxy) is 1. The fraction of sp³-hybridized carbons (Fsp3) is 0.238. The number of alkyl halides is 1. The molecule has 158 valence electrons. The third kappa shape index (κ3) is 3.79. The van der Waals surface area contributed by atoms with Gasteiger partial charge in [0.25, 0.3) is 6.36 Å². The average Bonchev–Trinajstić information content (AvgIpc) is 3.20. The van der Waals surface area contributed by atoms with Gasteiger partial charge in [-0.05, 0) is 36.6 Å². The highest BCUT2D eigenvalue weighted by Crippen LogP contribution is 2.30. The number of hydrogen-bond acceptors (Lipinski definition) is 3. The van der Waals surface area contributed by atoms with Crippen LogP contribution in [0.5, 0.6) is 0 Å². The molecule has 30 heavy (non-hydrogen) atoms. The van der Waals surface area contributed by atoms with Crippen molar-refractivity contribution < 1.29 is 31.5 Å². The fourth-order valence-electron chi connectivity index (χ4n) is 3.14. The Balaban J connectivity index is 1.88. The Morgan fingerprint density at radius 2 is 1.77 bits per heavy atom. The van der Waals surface area contributed by atoms with E-state index in [9.17, 15) is 26.7 Å². The summed E-state index contributed by atoms with van der Waals surface area (Å²) in [7, 11) is 0. The molecular formula is C21H17F5N2O2. The standard InChI is InChI=1S/C21H17F5N2O2/c1-10-5-4-6-13(11(10)2)12(3)20-27-7-8-28(20)21(29)30-19(26)14-9-15(22)17(24)18(25)16(14)23/h4-9,12,19H,1-3H3/t12-,19?/m0/s1. The first kappa shape index (κ1) is 21.5. The van der Waals surface area contributed by atoms with E-state index < -0.39 is 41.3 Å². The van der Waals surface area contributed by atoms with Crippen molar-refractivity contribution in [2.45, 2.75) is 33.0 Å². The van der Waals surface area contributed by atoms with Gasteiger partial charge in [-0.1, -0.05) is 25.1 Å². The lowest BCUT2D eigenvalue weighted by Gasteiger charge is -2.18. The first-order chi connectivity index (χ1) is 14.1. The van der Waals surface area contributed by atoms with Gasteiger partial charge in [0, 0.05) is 18.3 Å². The number of aryl methyl sites for hydroxylation is 1. The second kappa shape index (κ2) is 8.25. The first-order valence-corrected chi connectivity index (χ1v) is 8.90. The topological polar surface area (TPSA) is 44.1 Å². The predicted molar refractivity (Wildman–Crippen MR) is 97.7 cm³/mol. The van der Waals surface area contributed by atoms with Gasteiger partial charge in [0.05, 0.1) is 5.56 Å². The van der Waals surface area contributed by atoms with Crippen molar-refractivity contribution in [3.63, 3.8) is 0 Å². The Kier molecular flexibility index (Phi) is 5.91. The lowest BCUT2D eigenvalue weighted by Crippen LogP contribution is -2.20. The SMILES string of the molecule is Cc1cccc([C@H](C)c2nccn2C(=O)OC(F)c2cc(F)c(F)c(F)c2F)c1C. The maximum Gasteiger partial charge on any atom is 0.422 e. The number of carbonyl (C=O) groups is 1. The molecule has 0 saturated carbocycles. The third-order valence-electron chi connectivity index (χ3n) is 4.95. The molecule has 0 N–H and O–H groups in total. The average molecular weight is 424 g/mol. The number of carbonyl (C=O) groups excluding carboxylic acids is 1. The summed E-state index contributed by atoms with van der Waals surface area (Å²) in [5.41, 5.74) is 1.61. The quantitative estimate of drug-likeness (QED) is 0.299. The van der Waals surface area contributed by atoms with Gasteiger partial charge in [-0.25, -0.2) is 31.9 Å². The van der Waals surface area contributed by atoms with Crippen molar-refractivity contribution >= 4 is 6.09 Å². The number of benzene rings is 2. The monoisotopic (exact) mass is 424 g/mol. The van der Waals surface area contributed by atoms with E-state index in [-0.39, 0.29) is 17.8 Å². The highest BCUT2D eigenvalue weighted by Gasteiger charge is 2.28. The van der Waals surface area contributed by atoms with E-state index in [1.807, 2.05) is 32.0 Å². The van der Waals surface area contributed by atoms with Crippen LogP contribution < -0.4 is 0 Å². The summed E-state index contributed by atoms with van der Waals surface area (Å²) in [6, 6.07) is 5.72. The zero-order valence-corrected chi connectivity index (χ0v) is 16.2. The van der Waals surface area contributed by atoms with Crippen LogP contribution in [0.3, 0.4) is 0 Å². The summed E-state index contributed by atoms with van der Waals surface area (Å²) >= 11 is 0. The van der Waals surface area contributed by atoms with E-state index in [0.717, 1.165) is 21.3 Å². The molecule has 0 saturated heterocycles. The number of nitrogens with zero attached hydrogens (tertiary/aromatic N) is 2. The summed E-state index contributed by atoms with van der Waals surface area (Å²) in [6.07, 6.45) is -1.64. The smallest absolute Gasteiger partial charge is 0.410 e. The van der Waals surface area contributed by atoms with E-state index in [0.29, 0.717) is 0 Å². The van der Waals surface area contributed by atoms with Crippen LogP contribution in [-0.2, 0) is 4.74 Å².